The van der Waals surface area contributed by atoms with E-state index in [0.29, 0.717) is 18.1 Å². The Labute approximate surface area is 157 Å². The molecule has 0 aliphatic heterocycles. The molecule has 1 amide bonds. The highest BCUT2D eigenvalue weighted by atomic mass is 16.5. The lowest BCUT2D eigenvalue weighted by Crippen LogP contribution is -2.33. The number of aryl methyl sites for hydroxylation is 1. The normalized spacial score (nSPS) is 10.4. The number of methoxy groups -OCH3 is 1. The van der Waals surface area contributed by atoms with Gasteiger partial charge < -0.3 is 10.1 Å². The topological polar surface area (TPSA) is 73.2 Å². The first kappa shape index (κ1) is 18.4. The second kappa shape index (κ2) is 8.31. The molecule has 1 N–H and O–H groups in total. The van der Waals surface area contributed by atoms with Gasteiger partial charge >= 0.3 is 0 Å². The average molecular weight is 363 g/mol. The van der Waals surface area contributed by atoms with E-state index in [1.165, 1.54) is 10.6 Å². The van der Waals surface area contributed by atoms with Crippen LogP contribution < -0.4 is 15.6 Å². The van der Waals surface area contributed by atoms with Gasteiger partial charge in [0.05, 0.1) is 7.11 Å². The summed E-state index contributed by atoms with van der Waals surface area (Å²) in [6.07, 6.45) is 0. The summed E-state index contributed by atoms with van der Waals surface area (Å²) in [4.78, 5) is 29.3. The zero-order chi connectivity index (χ0) is 19.2. The first-order valence-electron chi connectivity index (χ1n) is 8.60. The van der Waals surface area contributed by atoms with Crippen LogP contribution in [0.15, 0.2) is 65.5 Å². The van der Waals surface area contributed by atoms with Crippen molar-refractivity contribution >= 4 is 5.91 Å². The van der Waals surface area contributed by atoms with E-state index in [4.69, 9.17) is 4.74 Å². The van der Waals surface area contributed by atoms with Crippen LogP contribution in [-0.2, 0) is 17.9 Å². The van der Waals surface area contributed by atoms with Gasteiger partial charge in [0.2, 0.25) is 5.91 Å². The Morgan fingerprint density at radius 1 is 1.11 bits per heavy atom. The van der Waals surface area contributed by atoms with Crippen LogP contribution in [0.4, 0.5) is 0 Å². The molecule has 1 heterocycles. The standard InChI is InChI=1S/C21H21N3O3/c1-15-12-20(26)24(21(23-15)17-6-4-3-5-7-17)14-19(25)22-13-16-8-10-18(27-2)11-9-16/h3-12H,13-14H2,1-2H3,(H,22,25). The molecule has 0 saturated heterocycles. The van der Waals surface area contributed by atoms with E-state index in [9.17, 15) is 9.59 Å². The maximum Gasteiger partial charge on any atom is 0.254 e. The number of nitrogens with one attached hydrogen (secondary N) is 1. The van der Waals surface area contributed by atoms with Gasteiger partial charge in [-0.2, -0.15) is 0 Å². The molecule has 0 atom stereocenters. The fourth-order valence-electron chi connectivity index (χ4n) is 2.72. The van der Waals surface area contributed by atoms with Gasteiger partial charge in [0.15, 0.2) is 0 Å². The fourth-order valence-corrected chi connectivity index (χ4v) is 2.72. The molecule has 6 heteroatoms. The Balaban J connectivity index is 1.76. The molecule has 2 aromatic carbocycles. The minimum absolute atomic E-state index is 0.0908. The molecular formula is C21H21N3O3. The van der Waals surface area contributed by atoms with Crippen LogP contribution >= 0.6 is 0 Å². The van der Waals surface area contributed by atoms with Crippen molar-refractivity contribution in [3.05, 3.63) is 82.3 Å². The van der Waals surface area contributed by atoms with Crippen LogP contribution in [0.5, 0.6) is 5.75 Å². The van der Waals surface area contributed by atoms with Crippen LogP contribution in [-0.4, -0.2) is 22.6 Å². The Morgan fingerprint density at radius 2 is 1.81 bits per heavy atom. The Morgan fingerprint density at radius 3 is 2.48 bits per heavy atom. The second-order valence-electron chi connectivity index (χ2n) is 6.14. The molecule has 0 aliphatic carbocycles. The van der Waals surface area contributed by atoms with Crippen molar-refractivity contribution in [1.29, 1.82) is 0 Å². The third-order valence-corrected chi connectivity index (χ3v) is 4.12. The predicted octanol–water partition coefficient (Wildman–Crippen LogP) is 2.54. The van der Waals surface area contributed by atoms with Gasteiger partial charge in [-0.15, -0.1) is 0 Å². The summed E-state index contributed by atoms with van der Waals surface area (Å²) in [6.45, 7) is 2.05. The zero-order valence-corrected chi connectivity index (χ0v) is 15.3. The maximum atomic E-state index is 12.4. The molecule has 0 unspecified atom stereocenters. The number of amides is 1. The van der Waals surface area contributed by atoms with Crippen molar-refractivity contribution in [3.63, 3.8) is 0 Å². The Hall–Kier alpha value is -3.41. The molecule has 3 rings (SSSR count). The fraction of sp³-hybridized carbons (Fsp3) is 0.190. The molecule has 6 nitrogen and oxygen atoms in total. The highest BCUT2D eigenvalue weighted by molar-refractivity contribution is 5.76. The van der Waals surface area contributed by atoms with Crippen molar-refractivity contribution < 1.29 is 9.53 Å². The van der Waals surface area contributed by atoms with Crippen LogP contribution in [0.3, 0.4) is 0 Å². The number of carbonyl (C=O) groups is 1. The van der Waals surface area contributed by atoms with Gasteiger partial charge in [0.25, 0.3) is 5.56 Å². The molecule has 3 aromatic rings. The van der Waals surface area contributed by atoms with Crippen LogP contribution in [0.25, 0.3) is 11.4 Å². The van der Waals surface area contributed by atoms with Crippen molar-refractivity contribution in [1.82, 2.24) is 14.9 Å². The molecule has 0 bridgehead atoms. The minimum Gasteiger partial charge on any atom is -0.497 e. The molecule has 0 radical (unpaired) electrons. The quantitative estimate of drug-likeness (QED) is 0.730. The number of benzene rings is 2. The third kappa shape index (κ3) is 4.61. The monoisotopic (exact) mass is 363 g/mol. The highest BCUT2D eigenvalue weighted by Crippen LogP contribution is 2.15. The molecule has 0 spiro atoms. The van der Waals surface area contributed by atoms with Gasteiger partial charge in [-0.05, 0) is 24.6 Å². The number of rotatable bonds is 6. The smallest absolute Gasteiger partial charge is 0.254 e. The summed E-state index contributed by atoms with van der Waals surface area (Å²) >= 11 is 0. The number of carbonyl (C=O) groups excluding carboxylic acids is 1. The summed E-state index contributed by atoms with van der Waals surface area (Å²) in [5, 5.41) is 2.84. The van der Waals surface area contributed by atoms with E-state index >= 15 is 0 Å². The number of hydrogen-bond donors (Lipinski definition) is 1. The van der Waals surface area contributed by atoms with Gasteiger partial charge in [0.1, 0.15) is 18.1 Å². The number of hydrogen-bond acceptors (Lipinski definition) is 4. The van der Waals surface area contributed by atoms with E-state index in [1.807, 2.05) is 54.6 Å². The molecule has 27 heavy (non-hydrogen) atoms. The van der Waals surface area contributed by atoms with Crippen LogP contribution in [0.2, 0.25) is 0 Å². The van der Waals surface area contributed by atoms with Gasteiger partial charge in [-0.3, -0.25) is 14.2 Å². The zero-order valence-electron chi connectivity index (χ0n) is 15.3. The minimum atomic E-state index is -0.254. The van der Waals surface area contributed by atoms with E-state index in [1.54, 1.807) is 14.0 Å². The molecule has 1 aromatic heterocycles. The first-order valence-corrected chi connectivity index (χ1v) is 8.60. The third-order valence-electron chi connectivity index (χ3n) is 4.12. The van der Waals surface area contributed by atoms with E-state index in [2.05, 4.69) is 10.3 Å². The molecule has 0 fully saturated rings. The largest absolute Gasteiger partial charge is 0.497 e. The number of aromatic nitrogens is 2. The maximum absolute atomic E-state index is 12.4. The predicted molar refractivity (Wildman–Crippen MR) is 104 cm³/mol. The van der Waals surface area contributed by atoms with Gasteiger partial charge in [0, 0.05) is 23.9 Å². The van der Waals surface area contributed by atoms with Gasteiger partial charge in [-0.1, -0.05) is 42.5 Å². The molecule has 0 aliphatic rings. The van der Waals surface area contributed by atoms with Crippen molar-refractivity contribution in [2.45, 2.75) is 20.0 Å². The van der Waals surface area contributed by atoms with Gasteiger partial charge in [-0.25, -0.2) is 4.98 Å². The lowest BCUT2D eigenvalue weighted by Gasteiger charge is -2.13. The van der Waals surface area contributed by atoms with E-state index in [0.717, 1.165) is 16.9 Å². The van der Waals surface area contributed by atoms with Crippen molar-refractivity contribution in [3.8, 4) is 17.1 Å². The molecule has 0 saturated carbocycles. The SMILES string of the molecule is COc1ccc(CNC(=O)Cn2c(-c3ccccc3)nc(C)cc2=O)cc1. The van der Waals surface area contributed by atoms with Crippen molar-refractivity contribution in [2.75, 3.05) is 7.11 Å². The highest BCUT2D eigenvalue weighted by Gasteiger charge is 2.12. The lowest BCUT2D eigenvalue weighted by atomic mass is 10.2. The summed E-state index contributed by atoms with van der Waals surface area (Å²) in [5.41, 5.74) is 2.11. The summed E-state index contributed by atoms with van der Waals surface area (Å²) in [6, 6.07) is 18.2. The summed E-state index contributed by atoms with van der Waals surface area (Å²) in [7, 11) is 1.61. The van der Waals surface area contributed by atoms with E-state index < -0.39 is 0 Å². The Kier molecular flexibility index (Phi) is 5.66. The number of nitrogens with zero attached hydrogens (tertiary/aromatic N) is 2. The Bertz CT molecular complexity index is 980. The first-order chi connectivity index (χ1) is 13.1. The lowest BCUT2D eigenvalue weighted by molar-refractivity contribution is -0.121. The summed E-state index contributed by atoms with van der Waals surface area (Å²) < 4.78 is 6.51. The van der Waals surface area contributed by atoms with E-state index in [-0.39, 0.29) is 18.0 Å². The van der Waals surface area contributed by atoms with Crippen LogP contribution in [0, 0.1) is 6.92 Å². The summed E-state index contributed by atoms with van der Waals surface area (Å²) in [5.74, 6) is 0.991. The van der Waals surface area contributed by atoms with Crippen LogP contribution in [0.1, 0.15) is 11.3 Å². The molecule has 138 valence electrons. The second-order valence-corrected chi connectivity index (χ2v) is 6.14. The molecular weight excluding hydrogens is 342 g/mol. The number of ether oxygens (including phenoxy) is 1. The van der Waals surface area contributed by atoms with Crippen molar-refractivity contribution in [2.24, 2.45) is 0 Å². The average Bonchev–Trinajstić information content (AvgIpc) is 2.69.